The molecule has 1 rings (SSSR count). The van der Waals surface area contributed by atoms with Gasteiger partial charge < -0.3 is 10.3 Å². The Morgan fingerprint density at radius 2 is 2.45 bits per heavy atom. The van der Waals surface area contributed by atoms with Crippen LogP contribution in [0.15, 0.2) is 10.2 Å². The maximum absolute atomic E-state index is 10.7. The van der Waals surface area contributed by atoms with Gasteiger partial charge in [-0.15, -0.1) is 0 Å². The molecule has 3 nitrogen and oxygen atoms in total. The van der Waals surface area contributed by atoms with Crippen molar-refractivity contribution in [3.05, 3.63) is 20.7 Å². The highest BCUT2D eigenvalue weighted by atomic mass is 32.1. The van der Waals surface area contributed by atoms with E-state index in [0.29, 0.717) is 6.04 Å². The molecule has 0 amide bonds. The zero-order valence-electron chi connectivity index (χ0n) is 6.68. The van der Waals surface area contributed by atoms with Crippen LogP contribution in [0.1, 0.15) is 19.5 Å². The van der Waals surface area contributed by atoms with Crippen LogP contribution in [0.2, 0.25) is 0 Å². The quantitative estimate of drug-likeness (QED) is 0.712. The van der Waals surface area contributed by atoms with Gasteiger partial charge in [0.15, 0.2) is 0 Å². The normalized spacial score (nSPS) is 10.8. The molecular formula is C7H12N2OS. The molecule has 0 unspecified atom stereocenters. The second-order valence-electron chi connectivity index (χ2n) is 2.71. The minimum Gasteiger partial charge on any atom is -0.315 e. The van der Waals surface area contributed by atoms with Crippen molar-refractivity contribution < 1.29 is 0 Å². The minimum atomic E-state index is 0.0190. The summed E-state index contributed by atoms with van der Waals surface area (Å²) < 4.78 is 0. The monoisotopic (exact) mass is 172 g/mol. The summed E-state index contributed by atoms with van der Waals surface area (Å²) in [5.74, 6) is 0. The third-order valence-corrected chi connectivity index (χ3v) is 1.99. The van der Waals surface area contributed by atoms with Gasteiger partial charge in [0, 0.05) is 23.7 Å². The molecule has 0 aliphatic carbocycles. The van der Waals surface area contributed by atoms with Gasteiger partial charge in [-0.25, -0.2) is 0 Å². The van der Waals surface area contributed by atoms with E-state index in [1.165, 1.54) is 11.3 Å². The Labute approximate surface area is 69.5 Å². The third kappa shape index (κ3) is 2.86. The molecule has 0 fully saturated rings. The van der Waals surface area contributed by atoms with E-state index in [9.17, 15) is 4.79 Å². The molecule has 4 heteroatoms. The summed E-state index contributed by atoms with van der Waals surface area (Å²) in [4.78, 5) is 13.4. The first-order valence-electron chi connectivity index (χ1n) is 3.58. The number of hydrogen-bond donors (Lipinski definition) is 2. The molecule has 0 aliphatic heterocycles. The van der Waals surface area contributed by atoms with Crippen LogP contribution in [0.25, 0.3) is 0 Å². The van der Waals surface area contributed by atoms with Crippen LogP contribution in [0.3, 0.4) is 0 Å². The van der Waals surface area contributed by atoms with Crippen molar-refractivity contribution in [2.75, 3.05) is 0 Å². The fourth-order valence-corrected chi connectivity index (χ4v) is 1.30. The third-order valence-electron chi connectivity index (χ3n) is 1.27. The summed E-state index contributed by atoms with van der Waals surface area (Å²) in [6, 6.07) is 0.457. The van der Waals surface area contributed by atoms with Crippen molar-refractivity contribution in [3.8, 4) is 0 Å². The summed E-state index contributed by atoms with van der Waals surface area (Å²) >= 11 is 1.20. The first-order valence-corrected chi connectivity index (χ1v) is 4.46. The van der Waals surface area contributed by atoms with Gasteiger partial charge >= 0.3 is 4.87 Å². The first kappa shape index (κ1) is 8.49. The fraction of sp³-hybridized carbons (Fsp3) is 0.571. The number of rotatable bonds is 3. The zero-order chi connectivity index (χ0) is 8.27. The average Bonchev–Trinajstić information content (AvgIpc) is 2.31. The average molecular weight is 172 g/mol. The highest BCUT2D eigenvalue weighted by Gasteiger charge is 1.96. The molecule has 1 aromatic rings. The van der Waals surface area contributed by atoms with Crippen molar-refractivity contribution in [2.24, 2.45) is 0 Å². The van der Waals surface area contributed by atoms with Gasteiger partial charge in [-0.05, 0) is 0 Å². The van der Waals surface area contributed by atoms with Crippen LogP contribution in [0.5, 0.6) is 0 Å². The van der Waals surface area contributed by atoms with E-state index in [1.54, 1.807) is 0 Å². The lowest BCUT2D eigenvalue weighted by molar-refractivity contribution is 0.582. The van der Waals surface area contributed by atoms with Crippen molar-refractivity contribution in [3.63, 3.8) is 0 Å². The van der Waals surface area contributed by atoms with Gasteiger partial charge in [0.05, 0.1) is 0 Å². The van der Waals surface area contributed by atoms with Gasteiger partial charge in [0.2, 0.25) is 0 Å². The van der Waals surface area contributed by atoms with Crippen LogP contribution in [0, 0.1) is 0 Å². The smallest absolute Gasteiger partial charge is 0.304 e. The number of thiazole rings is 1. The molecule has 0 atom stereocenters. The van der Waals surface area contributed by atoms with Crippen molar-refractivity contribution in [1.82, 2.24) is 10.3 Å². The van der Waals surface area contributed by atoms with Crippen LogP contribution in [0.4, 0.5) is 0 Å². The molecule has 11 heavy (non-hydrogen) atoms. The maximum Gasteiger partial charge on any atom is 0.304 e. The number of nitrogens with one attached hydrogen (secondary N) is 2. The number of H-pyrrole nitrogens is 1. The van der Waals surface area contributed by atoms with E-state index in [1.807, 2.05) is 5.38 Å². The Balaban J connectivity index is 2.45. The molecule has 0 aromatic carbocycles. The molecule has 0 bridgehead atoms. The number of aromatic nitrogens is 1. The Hall–Kier alpha value is -0.610. The molecular weight excluding hydrogens is 160 g/mol. The van der Waals surface area contributed by atoms with Gasteiger partial charge in [-0.2, -0.15) is 0 Å². The second kappa shape index (κ2) is 3.69. The predicted molar refractivity (Wildman–Crippen MR) is 46.9 cm³/mol. The van der Waals surface area contributed by atoms with E-state index < -0.39 is 0 Å². The Morgan fingerprint density at radius 3 is 2.91 bits per heavy atom. The highest BCUT2D eigenvalue weighted by molar-refractivity contribution is 7.07. The number of hydrogen-bond acceptors (Lipinski definition) is 3. The highest BCUT2D eigenvalue weighted by Crippen LogP contribution is 1.94. The van der Waals surface area contributed by atoms with E-state index in [2.05, 4.69) is 24.1 Å². The molecule has 0 radical (unpaired) electrons. The first-order chi connectivity index (χ1) is 5.18. The predicted octanol–water partition coefficient (Wildman–Crippen LogP) is 0.934. The lowest BCUT2D eigenvalue weighted by atomic mass is 10.4. The molecule has 0 saturated carbocycles. The molecule has 2 N–H and O–H groups in total. The largest absolute Gasteiger partial charge is 0.315 e. The summed E-state index contributed by atoms with van der Waals surface area (Å²) in [7, 11) is 0. The van der Waals surface area contributed by atoms with Crippen LogP contribution >= 0.6 is 11.3 Å². The fourth-order valence-electron chi connectivity index (χ4n) is 0.715. The molecule has 62 valence electrons. The van der Waals surface area contributed by atoms with Crippen LogP contribution < -0.4 is 10.2 Å². The van der Waals surface area contributed by atoms with Crippen molar-refractivity contribution in [1.29, 1.82) is 0 Å². The maximum atomic E-state index is 10.7. The topological polar surface area (TPSA) is 44.9 Å². The second-order valence-corrected chi connectivity index (χ2v) is 3.55. The summed E-state index contributed by atoms with van der Waals surface area (Å²) in [6.07, 6.45) is 0. The van der Waals surface area contributed by atoms with Crippen molar-refractivity contribution in [2.45, 2.75) is 26.4 Å². The van der Waals surface area contributed by atoms with Gasteiger partial charge in [-0.1, -0.05) is 25.2 Å². The van der Waals surface area contributed by atoms with Crippen molar-refractivity contribution >= 4 is 11.3 Å². The summed E-state index contributed by atoms with van der Waals surface area (Å²) in [5, 5.41) is 5.06. The Kier molecular flexibility index (Phi) is 2.84. The number of aromatic amines is 1. The lowest BCUT2D eigenvalue weighted by Gasteiger charge is -2.04. The Bertz CT molecular complexity index is 263. The lowest BCUT2D eigenvalue weighted by Crippen LogP contribution is -2.22. The summed E-state index contributed by atoms with van der Waals surface area (Å²) in [6.45, 7) is 4.89. The SMILES string of the molecule is CC(C)NCc1csc(=O)[nH]1. The van der Waals surface area contributed by atoms with E-state index >= 15 is 0 Å². The van der Waals surface area contributed by atoms with Gasteiger partial charge in [-0.3, -0.25) is 4.79 Å². The van der Waals surface area contributed by atoms with E-state index in [-0.39, 0.29) is 4.87 Å². The minimum absolute atomic E-state index is 0.0190. The molecule has 1 heterocycles. The van der Waals surface area contributed by atoms with Gasteiger partial charge in [0.1, 0.15) is 0 Å². The molecule has 0 aliphatic rings. The molecule has 1 aromatic heterocycles. The van der Waals surface area contributed by atoms with Crippen LogP contribution in [-0.4, -0.2) is 11.0 Å². The van der Waals surface area contributed by atoms with Crippen LogP contribution in [-0.2, 0) is 6.54 Å². The van der Waals surface area contributed by atoms with E-state index in [0.717, 1.165) is 12.2 Å². The van der Waals surface area contributed by atoms with Gasteiger partial charge in [0.25, 0.3) is 0 Å². The molecule has 0 spiro atoms. The Morgan fingerprint density at radius 1 is 1.73 bits per heavy atom. The standard InChI is InChI=1S/C7H12N2OS/c1-5(2)8-3-6-4-11-7(10)9-6/h4-5,8H,3H2,1-2H3,(H,9,10). The molecule has 0 saturated heterocycles. The summed E-state index contributed by atoms with van der Waals surface area (Å²) in [5.41, 5.74) is 0.966. The zero-order valence-corrected chi connectivity index (χ0v) is 7.49. The van der Waals surface area contributed by atoms with E-state index in [4.69, 9.17) is 0 Å².